The summed E-state index contributed by atoms with van der Waals surface area (Å²) in [6.07, 6.45) is -0.765. The number of para-hydroxylation sites is 1. The van der Waals surface area contributed by atoms with E-state index in [-0.39, 0.29) is 11.8 Å². The Morgan fingerprint density at radius 1 is 0.794 bits per heavy atom. The zero-order chi connectivity index (χ0) is 24.7. The first-order valence-electron chi connectivity index (χ1n) is 10.3. The molecule has 9 heteroatoms. The van der Waals surface area contributed by atoms with Gasteiger partial charge in [-0.15, -0.1) is 0 Å². The zero-order valence-electron chi connectivity index (χ0n) is 19.2. The summed E-state index contributed by atoms with van der Waals surface area (Å²) in [7, 11) is 4.45. The molecular weight excluding hydrogens is 460 g/mol. The van der Waals surface area contributed by atoms with Crippen LogP contribution in [0.25, 0.3) is 0 Å². The predicted molar refractivity (Wildman–Crippen MR) is 131 cm³/mol. The number of amides is 2. The molecule has 3 rings (SSSR count). The fourth-order valence-corrected chi connectivity index (χ4v) is 3.26. The van der Waals surface area contributed by atoms with Crippen molar-refractivity contribution >= 4 is 34.8 Å². The third-order valence-electron chi connectivity index (χ3n) is 4.85. The minimum atomic E-state index is -0.765. The van der Waals surface area contributed by atoms with E-state index in [0.29, 0.717) is 45.0 Å². The minimum Gasteiger partial charge on any atom is -0.493 e. The van der Waals surface area contributed by atoms with Crippen LogP contribution in [-0.2, 0) is 4.79 Å². The third-order valence-corrected chi connectivity index (χ3v) is 5.16. The quantitative estimate of drug-likeness (QED) is 0.442. The van der Waals surface area contributed by atoms with Crippen molar-refractivity contribution in [3.63, 3.8) is 0 Å². The molecule has 0 aromatic heterocycles. The van der Waals surface area contributed by atoms with E-state index in [0.717, 1.165) is 0 Å². The van der Waals surface area contributed by atoms with Crippen molar-refractivity contribution in [2.75, 3.05) is 32.0 Å². The second-order valence-corrected chi connectivity index (χ2v) is 7.53. The summed E-state index contributed by atoms with van der Waals surface area (Å²) in [4.78, 5) is 25.2. The molecule has 2 amide bonds. The van der Waals surface area contributed by atoms with E-state index in [4.69, 9.17) is 30.5 Å². The van der Waals surface area contributed by atoms with Crippen molar-refractivity contribution < 1.29 is 28.5 Å². The summed E-state index contributed by atoms with van der Waals surface area (Å²) in [6, 6.07) is 16.7. The van der Waals surface area contributed by atoms with Gasteiger partial charge < -0.3 is 29.6 Å². The number of anilines is 2. The van der Waals surface area contributed by atoms with Crippen molar-refractivity contribution in [2.45, 2.75) is 13.0 Å². The van der Waals surface area contributed by atoms with Crippen molar-refractivity contribution in [3.8, 4) is 23.0 Å². The van der Waals surface area contributed by atoms with Gasteiger partial charge in [-0.3, -0.25) is 9.59 Å². The van der Waals surface area contributed by atoms with Crippen molar-refractivity contribution in [1.82, 2.24) is 0 Å². The lowest BCUT2D eigenvalue weighted by Crippen LogP contribution is -2.30. The van der Waals surface area contributed by atoms with Gasteiger partial charge in [0.05, 0.1) is 26.4 Å². The molecule has 178 valence electrons. The van der Waals surface area contributed by atoms with Crippen molar-refractivity contribution in [1.29, 1.82) is 0 Å². The molecule has 0 heterocycles. The largest absolute Gasteiger partial charge is 0.493 e. The topological polar surface area (TPSA) is 95.1 Å². The molecule has 1 unspecified atom stereocenters. The van der Waals surface area contributed by atoms with Crippen LogP contribution in [0.5, 0.6) is 23.0 Å². The molecule has 0 fully saturated rings. The van der Waals surface area contributed by atoms with Gasteiger partial charge in [-0.25, -0.2) is 0 Å². The Morgan fingerprint density at radius 3 is 1.88 bits per heavy atom. The summed E-state index contributed by atoms with van der Waals surface area (Å²) in [5.41, 5.74) is 1.42. The molecule has 3 aromatic rings. The van der Waals surface area contributed by atoms with Crippen LogP contribution in [0.2, 0.25) is 5.02 Å². The fourth-order valence-electron chi connectivity index (χ4n) is 3.08. The van der Waals surface area contributed by atoms with Crippen molar-refractivity contribution in [2.24, 2.45) is 0 Å². The number of rotatable bonds is 9. The zero-order valence-corrected chi connectivity index (χ0v) is 19.9. The van der Waals surface area contributed by atoms with Crippen LogP contribution in [0.3, 0.4) is 0 Å². The SMILES string of the molecule is COc1cc(C(=O)Nc2ccc(NC(=O)C(C)Oc3ccccc3Cl)cc2)cc(OC)c1OC. The number of methoxy groups -OCH3 is 3. The highest BCUT2D eigenvalue weighted by atomic mass is 35.5. The average molecular weight is 485 g/mol. The van der Waals surface area contributed by atoms with Gasteiger partial charge in [0.25, 0.3) is 11.8 Å². The first kappa shape index (κ1) is 24.7. The molecule has 0 aliphatic heterocycles. The lowest BCUT2D eigenvalue weighted by Gasteiger charge is -2.16. The predicted octanol–water partition coefficient (Wildman–Crippen LogP) is 5.02. The van der Waals surface area contributed by atoms with Gasteiger partial charge in [0, 0.05) is 16.9 Å². The second-order valence-electron chi connectivity index (χ2n) is 7.13. The van der Waals surface area contributed by atoms with Crippen LogP contribution in [-0.4, -0.2) is 39.2 Å². The number of carbonyl (C=O) groups is 2. The molecule has 0 saturated heterocycles. The molecule has 0 radical (unpaired) electrons. The van der Waals surface area contributed by atoms with E-state index in [2.05, 4.69) is 10.6 Å². The van der Waals surface area contributed by atoms with Crippen LogP contribution in [0.4, 0.5) is 11.4 Å². The molecule has 8 nitrogen and oxygen atoms in total. The Labute approximate surface area is 202 Å². The highest BCUT2D eigenvalue weighted by Gasteiger charge is 2.18. The lowest BCUT2D eigenvalue weighted by molar-refractivity contribution is -0.122. The van der Waals surface area contributed by atoms with Gasteiger partial charge in [0.15, 0.2) is 17.6 Å². The summed E-state index contributed by atoms with van der Waals surface area (Å²) >= 11 is 6.07. The standard InChI is InChI=1S/C25H25ClN2O6/c1-15(34-20-8-6-5-7-19(20)26)24(29)27-17-9-11-18(12-10-17)28-25(30)16-13-21(31-2)23(33-4)22(14-16)32-3/h5-15H,1-4H3,(H,27,29)(H,28,30). The van der Waals surface area contributed by atoms with E-state index in [1.165, 1.54) is 21.3 Å². The van der Waals surface area contributed by atoms with Crippen molar-refractivity contribution in [3.05, 3.63) is 71.2 Å². The smallest absolute Gasteiger partial charge is 0.265 e. The molecule has 3 aromatic carbocycles. The number of halogens is 1. The Balaban J connectivity index is 1.64. The number of benzene rings is 3. The second kappa shape index (κ2) is 11.3. The Kier molecular flexibility index (Phi) is 8.21. The molecule has 0 aliphatic rings. The Hall–Kier alpha value is -3.91. The summed E-state index contributed by atoms with van der Waals surface area (Å²) in [5.74, 6) is 0.870. The van der Waals surface area contributed by atoms with Crippen LogP contribution in [0, 0.1) is 0 Å². The van der Waals surface area contributed by atoms with E-state index >= 15 is 0 Å². The van der Waals surface area contributed by atoms with Crippen LogP contribution < -0.4 is 29.6 Å². The number of hydrogen-bond acceptors (Lipinski definition) is 6. The van der Waals surface area contributed by atoms with Crippen LogP contribution in [0.1, 0.15) is 17.3 Å². The lowest BCUT2D eigenvalue weighted by atomic mass is 10.1. The van der Waals surface area contributed by atoms with Gasteiger partial charge in [-0.1, -0.05) is 23.7 Å². The van der Waals surface area contributed by atoms with Gasteiger partial charge >= 0.3 is 0 Å². The summed E-state index contributed by atoms with van der Waals surface area (Å²) < 4.78 is 21.5. The first-order chi connectivity index (χ1) is 16.4. The van der Waals surface area contributed by atoms with Crippen LogP contribution in [0.15, 0.2) is 60.7 Å². The fraction of sp³-hybridized carbons (Fsp3) is 0.200. The normalized spacial score (nSPS) is 11.2. The van der Waals surface area contributed by atoms with Gasteiger partial charge in [0.2, 0.25) is 5.75 Å². The minimum absolute atomic E-state index is 0.331. The molecule has 1 atom stereocenters. The Morgan fingerprint density at radius 2 is 1.35 bits per heavy atom. The summed E-state index contributed by atoms with van der Waals surface area (Å²) in [5, 5.41) is 5.99. The monoisotopic (exact) mass is 484 g/mol. The average Bonchev–Trinajstić information content (AvgIpc) is 2.85. The Bertz CT molecular complexity index is 1140. The summed E-state index contributed by atoms with van der Waals surface area (Å²) in [6.45, 7) is 1.63. The van der Waals surface area contributed by atoms with E-state index in [9.17, 15) is 9.59 Å². The first-order valence-corrected chi connectivity index (χ1v) is 10.7. The number of carbonyl (C=O) groups excluding carboxylic acids is 2. The molecule has 2 N–H and O–H groups in total. The maximum Gasteiger partial charge on any atom is 0.265 e. The maximum atomic E-state index is 12.7. The van der Waals surface area contributed by atoms with E-state index in [1.54, 1.807) is 67.6 Å². The molecule has 0 bridgehead atoms. The molecular formula is C25H25ClN2O6. The number of hydrogen-bond donors (Lipinski definition) is 2. The third kappa shape index (κ3) is 5.90. The highest BCUT2D eigenvalue weighted by Crippen LogP contribution is 2.38. The van der Waals surface area contributed by atoms with E-state index < -0.39 is 6.10 Å². The number of nitrogens with one attached hydrogen (secondary N) is 2. The molecule has 0 saturated carbocycles. The maximum absolute atomic E-state index is 12.7. The highest BCUT2D eigenvalue weighted by molar-refractivity contribution is 6.32. The van der Waals surface area contributed by atoms with E-state index in [1.807, 2.05) is 0 Å². The molecule has 0 spiro atoms. The number of ether oxygens (including phenoxy) is 4. The molecule has 0 aliphatic carbocycles. The van der Waals surface area contributed by atoms with Gasteiger partial charge in [0.1, 0.15) is 5.75 Å². The van der Waals surface area contributed by atoms with Gasteiger partial charge in [-0.05, 0) is 55.5 Å². The van der Waals surface area contributed by atoms with Crippen LogP contribution >= 0.6 is 11.6 Å². The van der Waals surface area contributed by atoms with Gasteiger partial charge in [-0.2, -0.15) is 0 Å². The molecule has 34 heavy (non-hydrogen) atoms.